The van der Waals surface area contributed by atoms with Gasteiger partial charge in [0.1, 0.15) is 0 Å². The van der Waals surface area contributed by atoms with E-state index in [1.807, 2.05) is 17.5 Å². The fourth-order valence-electron chi connectivity index (χ4n) is 1.57. The minimum Gasteiger partial charge on any atom is -0.343 e. The van der Waals surface area contributed by atoms with Crippen molar-refractivity contribution in [1.82, 2.24) is 10.7 Å². The van der Waals surface area contributed by atoms with Gasteiger partial charge >= 0.3 is 0 Å². The molecular formula is C14H12N4O4S. The second-order valence-corrected chi connectivity index (χ2v) is 5.27. The summed E-state index contributed by atoms with van der Waals surface area (Å²) in [6, 6.07) is 8.79. The first-order chi connectivity index (χ1) is 11.1. The van der Waals surface area contributed by atoms with Crippen LogP contribution in [0.15, 0.2) is 46.9 Å². The van der Waals surface area contributed by atoms with Crippen LogP contribution in [-0.4, -0.2) is 29.5 Å². The van der Waals surface area contributed by atoms with E-state index in [0.29, 0.717) is 0 Å². The van der Waals surface area contributed by atoms with Crippen molar-refractivity contribution in [2.24, 2.45) is 5.10 Å². The second-order valence-electron chi connectivity index (χ2n) is 4.30. The van der Waals surface area contributed by atoms with Gasteiger partial charge in [-0.15, -0.1) is 11.3 Å². The van der Waals surface area contributed by atoms with Crippen LogP contribution in [0.1, 0.15) is 15.2 Å². The fourth-order valence-corrected chi connectivity index (χ4v) is 2.15. The van der Waals surface area contributed by atoms with Gasteiger partial charge in [0.2, 0.25) is 0 Å². The minimum atomic E-state index is -0.555. The zero-order chi connectivity index (χ0) is 16.7. The van der Waals surface area contributed by atoms with Crippen LogP contribution in [0, 0.1) is 10.1 Å². The van der Waals surface area contributed by atoms with E-state index in [2.05, 4.69) is 15.8 Å². The molecule has 1 aromatic carbocycles. The number of rotatable bonds is 6. The number of carbonyl (C=O) groups is 2. The minimum absolute atomic E-state index is 0.109. The second kappa shape index (κ2) is 7.80. The lowest BCUT2D eigenvalue weighted by atomic mass is 10.2. The highest BCUT2D eigenvalue weighted by Crippen LogP contribution is 2.11. The van der Waals surface area contributed by atoms with Crippen LogP contribution < -0.4 is 10.7 Å². The first kappa shape index (κ1) is 16.3. The molecule has 0 bridgehead atoms. The lowest BCUT2D eigenvalue weighted by Gasteiger charge is -2.04. The van der Waals surface area contributed by atoms with E-state index >= 15 is 0 Å². The van der Waals surface area contributed by atoms with E-state index in [9.17, 15) is 19.7 Å². The maximum Gasteiger partial charge on any atom is 0.269 e. The monoisotopic (exact) mass is 332 g/mol. The molecule has 9 heteroatoms. The number of nitro groups is 1. The number of nitrogens with one attached hydrogen (secondary N) is 2. The Morgan fingerprint density at radius 2 is 2.00 bits per heavy atom. The van der Waals surface area contributed by atoms with E-state index < -0.39 is 16.7 Å². The van der Waals surface area contributed by atoms with Gasteiger partial charge in [0.05, 0.1) is 17.7 Å². The molecule has 0 saturated heterocycles. The Labute approximate surface area is 135 Å². The molecule has 0 aliphatic heterocycles. The Morgan fingerprint density at radius 3 is 2.61 bits per heavy atom. The molecule has 0 spiro atoms. The molecule has 2 amide bonds. The number of carbonyl (C=O) groups excluding carboxylic acids is 2. The number of thiophene rings is 1. The molecule has 0 radical (unpaired) electrons. The van der Waals surface area contributed by atoms with Crippen LogP contribution in [0.5, 0.6) is 0 Å². The van der Waals surface area contributed by atoms with E-state index in [4.69, 9.17) is 0 Å². The molecule has 0 aliphatic rings. The summed E-state index contributed by atoms with van der Waals surface area (Å²) >= 11 is 1.47. The van der Waals surface area contributed by atoms with Crippen LogP contribution in [0.3, 0.4) is 0 Å². The molecule has 2 rings (SSSR count). The molecule has 0 saturated carbocycles. The Bertz CT molecular complexity index is 726. The average Bonchev–Trinajstić information content (AvgIpc) is 3.06. The zero-order valence-corrected chi connectivity index (χ0v) is 12.6. The largest absolute Gasteiger partial charge is 0.343 e. The number of benzene rings is 1. The Balaban J connectivity index is 1.79. The summed E-state index contributed by atoms with van der Waals surface area (Å²) in [5, 5.41) is 18.6. The summed E-state index contributed by atoms with van der Waals surface area (Å²) in [7, 11) is 0. The fraction of sp³-hybridized carbons (Fsp3) is 0.0714. The highest BCUT2D eigenvalue weighted by Gasteiger charge is 2.10. The number of hydrogen-bond acceptors (Lipinski definition) is 6. The molecule has 1 aromatic heterocycles. The predicted octanol–water partition coefficient (Wildman–Crippen LogP) is 1.54. The maximum atomic E-state index is 11.8. The van der Waals surface area contributed by atoms with E-state index in [1.165, 1.54) is 41.8 Å². The number of non-ortho nitro benzene ring substituents is 1. The normalized spacial score (nSPS) is 10.4. The van der Waals surface area contributed by atoms with Crippen molar-refractivity contribution >= 4 is 35.1 Å². The van der Waals surface area contributed by atoms with Gasteiger partial charge in [-0.2, -0.15) is 5.10 Å². The number of nitrogens with zero attached hydrogens (tertiary/aromatic N) is 2. The summed E-state index contributed by atoms with van der Waals surface area (Å²) in [6.45, 7) is -0.252. The van der Waals surface area contributed by atoms with E-state index in [-0.39, 0.29) is 17.8 Å². The molecule has 2 N–H and O–H groups in total. The third-order valence-electron chi connectivity index (χ3n) is 2.67. The van der Waals surface area contributed by atoms with Gasteiger partial charge in [-0.1, -0.05) is 6.07 Å². The first-order valence-electron chi connectivity index (χ1n) is 6.44. The molecule has 118 valence electrons. The van der Waals surface area contributed by atoms with Crippen molar-refractivity contribution in [3.63, 3.8) is 0 Å². The van der Waals surface area contributed by atoms with Crippen molar-refractivity contribution in [3.05, 3.63) is 62.3 Å². The highest BCUT2D eigenvalue weighted by molar-refractivity contribution is 7.11. The molecule has 0 aliphatic carbocycles. The molecule has 8 nitrogen and oxygen atoms in total. The molecule has 2 aromatic rings. The Kier molecular flexibility index (Phi) is 5.53. The molecular weight excluding hydrogens is 320 g/mol. The summed E-state index contributed by atoms with van der Waals surface area (Å²) in [5.41, 5.74) is 2.40. The van der Waals surface area contributed by atoms with Gasteiger partial charge in [-0.05, 0) is 23.6 Å². The highest BCUT2D eigenvalue weighted by atomic mass is 32.1. The molecule has 0 atom stereocenters. The van der Waals surface area contributed by atoms with Crippen molar-refractivity contribution in [1.29, 1.82) is 0 Å². The summed E-state index contributed by atoms with van der Waals surface area (Å²) in [5.74, 6) is -0.981. The average molecular weight is 332 g/mol. The summed E-state index contributed by atoms with van der Waals surface area (Å²) < 4.78 is 0. The predicted molar refractivity (Wildman–Crippen MR) is 85.5 cm³/mol. The van der Waals surface area contributed by atoms with Crippen LogP contribution in [0.2, 0.25) is 0 Å². The Morgan fingerprint density at radius 1 is 1.26 bits per heavy atom. The Hall–Kier alpha value is -3.07. The van der Waals surface area contributed by atoms with Gasteiger partial charge in [0, 0.05) is 22.6 Å². The van der Waals surface area contributed by atoms with E-state index in [0.717, 1.165) is 4.88 Å². The number of nitro benzene ring substituents is 1. The summed E-state index contributed by atoms with van der Waals surface area (Å²) in [4.78, 5) is 34.2. The number of amides is 2. The van der Waals surface area contributed by atoms with Crippen LogP contribution in [0.4, 0.5) is 5.69 Å². The quantitative estimate of drug-likeness (QED) is 0.474. The van der Waals surface area contributed by atoms with Crippen molar-refractivity contribution < 1.29 is 14.5 Å². The van der Waals surface area contributed by atoms with Gasteiger partial charge < -0.3 is 5.32 Å². The molecule has 0 fully saturated rings. The topological polar surface area (TPSA) is 114 Å². The van der Waals surface area contributed by atoms with Crippen molar-refractivity contribution in [2.45, 2.75) is 0 Å². The van der Waals surface area contributed by atoms with Gasteiger partial charge in [-0.3, -0.25) is 19.7 Å². The van der Waals surface area contributed by atoms with E-state index in [1.54, 1.807) is 0 Å². The van der Waals surface area contributed by atoms with Gasteiger partial charge in [-0.25, -0.2) is 5.43 Å². The van der Waals surface area contributed by atoms with Gasteiger partial charge in [0.15, 0.2) is 0 Å². The number of hydrazone groups is 1. The third kappa shape index (κ3) is 5.00. The first-order valence-corrected chi connectivity index (χ1v) is 7.32. The SMILES string of the molecule is O=C(CNC(=O)c1ccc([N+](=O)[O-])cc1)N/N=C\c1cccs1. The lowest BCUT2D eigenvalue weighted by Crippen LogP contribution is -2.34. The van der Waals surface area contributed by atoms with Crippen LogP contribution >= 0.6 is 11.3 Å². The smallest absolute Gasteiger partial charge is 0.269 e. The van der Waals surface area contributed by atoms with Crippen molar-refractivity contribution in [3.8, 4) is 0 Å². The van der Waals surface area contributed by atoms with Crippen LogP contribution in [0.25, 0.3) is 0 Å². The van der Waals surface area contributed by atoms with Gasteiger partial charge in [0.25, 0.3) is 17.5 Å². The lowest BCUT2D eigenvalue weighted by molar-refractivity contribution is -0.384. The van der Waals surface area contributed by atoms with Crippen molar-refractivity contribution in [2.75, 3.05) is 6.54 Å². The molecule has 23 heavy (non-hydrogen) atoms. The molecule has 1 heterocycles. The summed E-state index contributed by atoms with van der Waals surface area (Å²) in [6.07, 6.45) is 1.50. The zero-order valence-electron chi connectivity index (χ0n) is 11.8. The number of hydrogen-bond donors (Lipinski definition) is 2. The molecule has 0 unspecified atom stereocenters. The third-order valence-corrected chi connectivity index (χ3v) is 3.48. The van der Waals surface area contributed by atoms with Crippen LogP contribution in [-0.2, 0) is 4.79 Å². The maximum absolute atomic E-state index is 11.8. The standard InChI is InChI=1S/C14H12N4O4S/c19-13(17-16-8-12-2-1-7-23-12)9-15-14(20)10-3-5-11(6-4-10)18(21)22/h1-8H,9H2,(H,15,20)(H,17,19)/b16-8-.